The first-order valence-corrected chi connectivity index (χ1v) is 8.66. The van der Waals surface area contributed by atoms with Gasteiger partial charge in [-0.15, -0.1) is 0 Å². The molecule has 0 saturated heterocycles. The predicted molar refractivity (Wildman–Crippen MR) is 88.5 cm³/mol. The van der Waals surface area contributed by atoms with Crippen LogP contribution in [0.1, 0.15) is 50.6 Å². The highest BCUT2D eigenvalue weighted by Crippen LogP contribution is 2.29. The van der Waals surface area contributed by atoms with Gasteiger partial charge in [0.2, 0.25) is 0 Å². The summed E-state index contributed by atoms with van der Waals surface area (Å²) in [5.74, 6) is -0.244. The Morgan fingerprint density at radius 2 is 2.14 bits per heavy atom. The van der Waals surface area contributed by atoms with Gasteiger partial charge in [-0.05, 0) is 43.5 Å². The minimum atomic E-state index is -0.471. The van der Waals surface area contributed by atoms with Gasteiger partial charge in [-0.25, -0.2) is 4.79 Å². The topological polar surface area (TPSA) is 38.3 Å². The van der Waals surface area contributed by atoms with Crippen LogP contribution < -0.4 is 5.32 Å². The molecule has 0 bridgehead atoms. The Labute approximate surface area is 139 Å². The molecule has 1 unspecified atom stereocenters. The predicted octanol–water partition coefficient (Wildman–Crippen LogP) is 4.63. The lowest BCUT2D eigenvalue weighted by Crippen LogP contribution is -2.39. The van der Waals surface area contributed by atoms with Crippen molar-refractivity contribution in [1.29, 1.82) is 0 Å². The highest BCUT2D eigenvalue weighted by molar-refractivity contribution is 9.10. The van der Waals surface area contributed by atoms with Crippen LogP contribution in [0.15, 0.2) is 22.7 Å². The highest BCUT2D eigenvalue weighted by atomic mass is 79.9. The first kappa shape index (κ1) is 16.8. The van der Waals surface area contributed by atoms with Crippen molar-refractivity contribution in [2.24, 2.45) is 0 Å². The number of nitrogens with one attached hydrogen (secondary N) is 1. The molecule has 0 amide bonds. The van der Waals surface area contributed by atoms with Crippen LogP contribution in [0.4, 0.5) is 0 Å². The number of hydrogen-bond acceptors (Lipinski definition) is 3. The Bertz CT molecular complexity index is 489. The van der Waals surface area contributed by atoms with Crippen LogP contribution in [0, 0.1) is 0 Å². The lowest BCUT2D eigenvalue weighted by atomic mass is 9.94. The van der Waals surface area contributed by atoms with Crippen molar-refractivity contribution in [1.82, 2.24) is 5.32 Å². The van der Waals surface area contributed by atoms with Crippen molar-refractivity contribution in [3.63, 3.8) is 0 Å². The van der Waals surface area contributed by atoms with E-state index in [9.17, 15) is 4.79 Å². The Morgan fingerprint density at radius 1 is 1.43 bits per heavy atom. The van der Waals surface area contributed by atoms with Crippen molar-refractivity contribution in [3.05, 3.63) is 33.3 Å². The number of esters is 1. The monoisotopic (exact) mass is 373 g/mol. The lowest BCUT2D eigenvalue weighted by Gasteiger charge is -2.28. The molecule has 3 nitrogen and oxygen atoms in total. The van der Waals surface area contributed by atoms with Gasteiger partial charge in [0.15, 0.2) is 0 Å². The molecular formula is C16H21BrClNO2. The average molecular weight is 375 g/mol. The second-order valence-electron chi connectivity index (χ2n) is 5.35. The molecule has 1 aliphatic rings. The third-order valence-corrected chi connectivity index (χ3v) is 4.76. The summed E-state index contributed by atoms with van der Waals surface area (Å²) in [5.41, 5.74) is 0.839. The summed E-state index contributed by atoms with van der Waals surface area (Å²) in [4.78, 5) is 12.3. The largest absolute Gasteiger partial charge is 0.465 e. The maximum atomic E-state index is 12.3. The van der Waals surface area contributed by atoms with E-state index in [2.05, 4.69) is 21.2 Å². The smallest absolute Gasteiger partial charge is 0.327 e. The Morgan fingerprint density at radius 3 is 2.81 bits per heavy atom. The zero-order valence-corrected chi connectivity index (χ0v) is 14.5. The molecule has 0 aromatic heterocycles. The third kappa shape index (κ3) is 4.70. The van der Waals surface area contributed by atoms with E-state index in [1.807, 2.05) is 19.1 Å². The van der Waals surface area contributed by atoms with Crippen LogP contribution >= 0.6 is 27.5 Å². The van der Waals surface area contributed by atoms with E-state index >= 15 is 0 Å². The van der Waals surface area contributed by atoms with Gasteiger partial charge < -0.3 is 4.74 Å². The maximum Gasteiger partial charge on any atom is 0.327 e. The average Bonchev–Trinajstić information content (AvgIpc) is 2.49. The number of carbonyl (C=O) groups excluding carboxylic acids is 1. The lowest BCUT2D eigenvalue weighted by molar-refractivity contribution is -0.146. The van der Waals surface area contributed by atoms with Crippen LogP contribution in [0.25, 0.3) is 0 Å². The molecule has 1 fully saturated rings. The van der Waals surface area contributed by atoms with Crippen molar-refractivity contribution >= 4 is 33.5 Å². The standard InChI is InChI=1S/C16H21BrClNO2/c1-2-21-16(20)15(19-12-6-4-3-5-7-12)13-10-11(18)8-9-14(13)17/h8-10,12,15,19H,2-7H2,1H3. The molecular weight excluding hydrogens is 354 g/mol. The summed E-state index contributed by atoms with van der Waals surface area (Å²) < 4.78 is 6.10. The van der Waals surface area contributed by atoms with E-state index in [1.54, 1.807) is 6.07 Å². The van der Waals surface area contributed by atoms with Crippen molar-refractivity contribution in [2.45, 2.75) is 51.1 Å². The summed E-state index contributed by atoms with van der Waals surface area (Å²) in [5, 5.41) is 4.08. The fraction of sp³-hybridized carbons (Fsp3) is 0.562. The zero-order valence-electron chi connectivity index (χ0n) is 12.2. The van der Waals surface area contributed by atoms with Crippen LogP contribution in [0.3, 0.4) is 0 Å². The first-order valence-electron chi connectivity index (χ1n) is 7.49. The molecule has 0 aliphatic heterocycles. The second kappa shape index (κ2) is 8.16. The highest BCUT2D eigenvalue weighted by Gasteiger charge is 2.27. The molecule has 0 radical (unpaired) electrons. The minimum absolute atomic E-state index is 0.244. The van der Waals surface area contributed by atoms with Gasteiger partial charge in [0.1, 0.15) is 6.04 Å². The van der Waals surface area contributed by atoms with Gasteiger partial charge in [0, 0.05) is 15.5 Å². The molecule has 0 heterocycles. The molecule has 2 rings (SSSR count). The number of carbonyl (C=O) groups is 1. The van der Waals surface area contributed by atoms with Gasteiger partial charge in [-0.2, -0.15) is 0 Å². The van der Waals surface area contributed by atoms with E-state index in [0.717, 1.165) is 22.9 Å². The van der Waals surface area contributed by atoms with Gasteiger partial charge in [0.25, 0.3) is 0 Å². The van der Waals surface area contributed by atoms with E-state index in [1.165, 1.54) is 19.3 Å². The van der Waals surface area contributed by atoms with E-state index in [0.29, 0.717) is 17.7 Å². The molecule has 1 aliphatic carbocycles. The van der Waals surface area contributed by atoms with E-state index in [4.69, 9.17) is 16.3 Å². The molecule has 116 valence electrons. The summed E-state index contributed by atoms with van der Waals surface area (Å²) >= 11 is 9.59. The van der Waals surface area contributed by atoms with Crippen molar-refractivity contribution in [2.75, 3.05) is 6.61 Å². The number of benzene rings is 1. The number of ether oxygens (including phenoxy) is 1. The molecule has 21 heavy (non-hydrogen) atoms. The Kier molecular flexibility index (Phi) is 6.52. The quantitative estimate of drug-likeness (QED) is 0.764. The van der Waals surface area contributed by atoms with Crippen LogP contribution in [0.5, 0.6) is 0 Å². The zero-order chi connectivity index (χ0) is 15.2. The van der Waals surface area contributed by atoms with Crippen LogP contribution in [0.2, 0.25) is 5.02 Å². The van der Waals surface area contributed by atoms with Gasteiger partial charge >= 0.3 is 5.97 Å². The molecule has 1 aromatic carbocycles. The number of hydrogen-bond donors (Lipinski definition) is 1. The number of halogens is 2. The summed E-state index contributed by atoms with van der Waals surface area (Å²) in [6.45, 7) is 2.20. The van der Waals surface area contributed by atoms with Crippen molar-refractivity contribution in [3.8, 4) is 0 Å². The first-order chi connectivity index (χ1) is 10.1. The fourth-order valence-corrected chi connectivity index (χ4v) is 3.41. The SMILES string of the molecule is CCOC(=O)C(NC1CCCCC1)c1cc(Cl)ccc1Br. The van der Waals surface area contributed by atoms with E-state index < -0.39 is 6.04 Å². The molecule has 1 atom stereocenters. The van der Waals surface area contributed by atoms with E-state index in [-0.39, 0.29) is 5.97 Å². The molecule has 5 heteroatoms. The van der Waals surface area contributed by atoms with Gasteiger partial charge in [-0.1, -0.05) is 46.8 Å². The fourth-order valence-electron chi connectivity index (χ4n) is 2.75. The van der Waals surface area contributed by atoms with Crippen molar-refractivity contribution < 1.29 is 9.53 Å². The summed E-state index contributed by atoms with van der Waals surface area (Å²) in [6.07, 6.45) is 5.92. The van der Waals surface area contributed by atoms with Gasteiger partial charge in [-0.3, -0.25) is 5.32 Å². The maximum absolute atomic E-state index is 12.3. The minimum Gasteiger partial charge on any atom is -0.465 e. The Hall–Kier alpha value is -0.580. The van der Waals surface area contributed by atoms with Crippen LogP contribution in [-0.4, -0.2) is 18.6 Å². The Balaban J connectivity index is 2.22. The summed E-state index contributed by atoms with van der Waals surface area (Å²) in [7, 11) is 0. The molecule has 1 saturated carbocycles. The number of rotatable bonds is 5. The molecule has 1 aromatic rings. The second-order valence-corrected chi connectivity index (χ2v) is 6.64. The third-order valence-electron chi connectivity index (χ3n) is 3.80. The molecule has 0 spiro atoms. The summed E-state index contributed by atoms with van der Waals surface area (Å²) in [6, 6.07) is 5.38. The van der Waals surface area contributed by atoms with Gasteiger partial charge in [0.05, 0.1) is 6.61 Å². The van der Waals surface area contributed by atoms with Crippen LogP contribution in [-0.2, 0) is 9.53 Å². The normalized spacial score (nSPS) is 17.5. The molecule has 1 N–H and O–H groups in total.